The SMILES string of the molecule is Cc1cc(C2CCCN(Cc3ccc(N4CCCCC4)cc3)C2)n2ncnc2n1. The molecule has 29 heavy (non-hydrogen) atoms. The van der Waals surface area contributed by atoms with Crippen LogP contribution in [-0.4, -0.2) is 50.7 Å². The van der Waals surface area contributed by atoms with Crippen LogP contribution < -0.4 is 4.90 Å². The number of hydrogen-bond acceptors (Lipinski definition) is 5. The summed E-state index contributed by atoms with van der Waals surface area (Å²) in [5.41, 5.74) is 5.05. The van der Waals surface area contributed by atoms with E-state index in [1.807, 2.05) is 11.4 Å². The first-order valence-electron chi connectivity index (χ1n) is 11.0. The van der Waals surface area contributed by atoms with Crippen molar-refractivity contribution in [2.24, 2.45) is 0 Å². The molecule has 4 heterocycles. The highest BCUT2D eigenvalue weighted by Gasteiger charge is 2.24. The van der Waals surface area contributed by atoms with E-state index in [0.29, 0.717) is 11.7 Å². The molecule has 2 fully saturated rings. The molecular formula is C23H30N6. The molecule has 1 aromatic carbocycles. The Bertz CT molecular complexity index is 957. The van der Waals surface area contributed by atoms with Gasteiger partial charge in [0.1, 0.15) is 6.33 Å². The maximum absolute atomic E-state index is 4.50. The summed E-state index contributed by atoms with van der Waals surface area (Å²) in [7, 11) is 0. The predicted molar refractivity (Wildman–Crippen MR) is 115 cm³/mol. The zero-order chi connectivity index (χ0) is 19.6. The zero-order valence-corrected chi connectivity index (χ0v) is 17.3. The molecule has 152 valence electrons. The van der Waals surface area contributed by atoms with Gasteiger partial charge in [0, 0.05) is 43.5 Å². The third-order valence-electron chi connectivity index (χ3n) is 6.39. The minimum absolute atomic E-state index is 0.474. The lowest BCUT2D eigenvalue weighted by Gasteiger charge is -2.33. The molecule has 0 radical (unpaired) electrons. The summed E-state index contributed by atoms with van der Waals surface area (Å²) in [6.07, 6.45) is 8.05. The third-order valence-corrected chi connectivity index (χ3v) is 6.39. The first kappa shape index (κ1) is 18.6. The molecule has 3 aromatic rings. The van der Waals surface area contributed by atoms with Crippen LogP contribution in [0.5, 0.6) is 0 Å². The summed E-state index contributed by atoms with van der Waals surface area (Å²) in [5.74, 6) is 1.19. The van der Waals surface area contributed by atoms with Gasteiger partial charge in [-0.2, -0.15) is 10.1 Å². The molecule has 0 amide bonds. The van der Waals surface area contributed by atoms with Crippen LogP contribution in [0.3, 0.4) is 0 Å². The molecule has 0 spiro atoms. The fraction of sp³-hybridized carbons (Fsp3) is 0.522. The Balaban J connectivity index is 1.28. The molecule has 0 bridgehead atoms. The van der Waals surface area contributed by atoms with Crippen molar-refractivity contribution < 1.29 is 0 Å². The second-order valence-corrected chi connectivity index (χ2v) is 8.58. The first-order valence-corrected chi connectivity index (χ1v) is 11.0. The van der Waals surface area contributed by atoms with E-state index in [2.05, 4.69) is 55.2 Å². The lowest BCUT2D eigenvalue weighted by molar-refractivity contribution is 0.197. The number of hydrogen-bond donors (Lipinski definition) is 0. The molecule has 2 saturated heterocycles. The van der Waals surface area contributed by atoms with Gasteiger partial charge in [-0.15, -0.1) is 0 Å². The summed E-state index contributed by atoms with van der Waals surface area (Å²) in [6.45, 7) is 7.69. The minimum atomic E-state index is 0.474. The van der Waals surface area contributed by atoms with E-state index in [4.69, 9.17) is 0 Å². The minimum Gasteiger partial charge on any atom is -0.372 e. The van der Waals surface area contributed by atoms with Gasteiger partial charge >= 0.3 is 0 Å². The molecule has 1 atom stereocenters. The molecule has 6 nitrogen and oxygen atoms in total. The van der Waals surface area contributed by atoms with E-state index in [9.17, 15) is 0 Å². The number of likely N-dealkylation sites (tertiary alicyclic amines) is 1. The van der Waals surface area contributed by atoms with Crippen molar-refractivity contribution in [1.29, 1.82) is 0 Å². The molecule has 6 heteroatoms. The summed E-state index contributed by atoms with van der Waals surface area (Å²) in [4.78, 5) is 13.9. The van der Waals surface area contributed by atoms with Crippen molar-refractivity contribution in [1.82, 2.24) is 24.5 Å². The van der Waals surface area contributed by atoms with E-state index in [0.717, 1.165) is 25.3 Å². The van der Waals surface area contributed by atoms with Crippen molar-refractivity contribution in [2.45, 2.75) is 51.5 Å². The van der Waals surface area contributed by atoms with Crippen LogP contribution in [0, 0.1) is 6.92 Å². The normalized spacial score (nSPS) is 21.0. The third kappa shape index (κ3) is 3.99. The molecule has 5 rings (SSSR count). The molecule has 2 aliphatic heterocycles. The number of benzene rings is 1. The van der Waals surface area contributed by atoms with E-state index < -0.39 is 0 Å². The summed E-state index contributed by atoms with van der Waals surface area (Å²) in [6, 6.07) is 11.4. The summed E-state index contributed by atoms with van der Waals surface area (Å²) >= 11 is 0. The number of aromatic nitrogens is 4. The van der Waals surface area contributed by atoms with E-state index in [-0.39, 0.29) is 0 Å². The van der Waals surface area contributed by atoms with Crippen LogP contribution in [0.4, 0.5) is 5.69 Å². The Hall–Kier alpha value is -2.47. The smallest absolute Gasteiger partial charge is 0.252 e. The van der Waals surface area contributed by atoms with Crippen molar-refractivity contribution >= 4 is 11.5 Å². The maximum atomic E-state index is 4.50. The first-order chi connectivity index (χ1) is 14.3. The van der Waals surface area contributed by atoms with Crippen LogP contribution in [0.25, 0.3) is 5.78 Å². The fourth-order valence-corrected chi connectivity index (χ4v) is 4.91. The van der Waals surface area contributed by atoms with Crippen LogP contribution in [0.2, 0.25) is 0 Å². The molecule has 2 aromatic heterocycles. The van der Waals surface area contributed by atoms with Crippen LogP contribution in [0.15, 0.2) is 36.7 Å². The maximum Gasteiger partial charge on any atom is 0.252 e. The second kappa shape index (κ2) is 8.11. The Morgan fingerprint density at radius 2 is 1.83 bits per heavy atom. The summed E-state index contributed by atoms with van der Waals surface area (Å²) < 4.78 is 1.93. The molecule has 0 aliphatic carbocycles. The number of piperidine rings is 2. The largest absolute Gasteiger partial charge is 0.372 e. The number of rotatable bonds is 4. The van der Waals surface area contributed by atoms with Gasteiger partial charge in [-0.05, 0) is 69.3 Å². The van der Waals surface area contributed by atoms with E-state index in [1.54, 1.807) is 6.33 Å². The number of aryl methyl sites for hydroxylation is 1. The molecule has 0 N–H and O–H groups in total. The Morgan fingerprint density at radius 1 is 1.00 bits per heavy atom. The van der Waals surface area contributed by atoms with Gasteiger partial charge in [-0.1, -0.05) is 12.1 Å². The highest BCUT2D eigenvalue weighted by molar-refractivity contribution is 5.47. The molecule has 0 saturated carbocycles. The molecular weight excluding hydrogens is 360 g/mol. The summed E-state index contributed by atoms with van der Waals surface area (Å²) in [5, 5.41) is 4.42. The fourth-order valence-electron chi connectivity index (χ4n) is 4.91. The Morgan fingerprint density at radius 3 is 2.66 bits per heavy atom. The average Bonchev–Trinajstić information content (AvgIpc) is 3.23. The van der Waals surface area contributed by atoms with E-state index >= 15 is 0 Å². The Labute approximate surface area is 172 Å². The predicted octanol–water partition coefficient (Wildman–Crippen LogP) is 3.80. The second-order valence-electron chi connectivity index (χ2n) is 8.58. The lowest BCUT2D eigenvalue weighted by atomic mass is 9.93. The van der Waals surface area contributed by atoms with Crippen LogP contribution in [-0.2, 0) is 6.54 Å². The quantitative estimate of drug-likeness (QED) is 0.678. The van der Waals surface area contributed by atoms with Crippen molar-refractivity contribution in [3.63, 3.8) is 0 Å². The van der Waals surface area contributed by atoms with Gasteiger partial charge in [-0.25, -0.2) is 9.50 Å². The van der Waals surface area contributed by atoms with Gasteiger partial charge in [0.25, 0.3) is 5.78 Å². The molecule has 1 unspecified atom stereocenters. The monoisotopic (exact) mass is 390 g/mol. The van der Waals surface area contributed by atoms with Crippen LogP contribution in [0.1, 0.15) is 55.0 Å². The van der Waals surface area contributed by atoms with Gasteiger partial charge in [0.05, 0.1) is 5.69 Å². The van der Waals surface area contributed by atoms with Crippen molar-refractivity contribution in [2.75, 3.05) is 31.1 Å². The van der Waals surface area contributed by atoms with Crippen LogP contribution >= 0.6 is 0 Å². The van der Waals surface area contributed by atoms with Crippen molar-refractivity contribution in [3.8, 4) is 0 Å². The highest BCUT2D eigenvalue weighted by Crippen LogP contribution is 2.28. The zero-order valence-electron chi connectivity index (χ0n) is 17.3. The van der Waals surface area contributed by atoms with Gasteiger partial charge in [0.15, 0.2) is 0 Å². The number of nitrogens with zero attached hydrogens (tertiary/aromatic N) is 6. The average molecular weight is 391 g/mol. The highest BCUT2D eigenvalue weighted by atomic mass is 15.3. The van der Waals surface area contributed by atoms with Gasteiger partial charge in [0.2, 0.25) is 0 Å². The van der Waals surface area contributed by atoms with Crippen molar-refractivity contribution in [3.05, 3.63) is 53.6 Å². The molecule has 2 aliphatic rings. The standard InChI is InChI=1S/C23H30N6/c1-18-14-22(29-23(26-18)24-17-25-29)20-6-5-11-27(16-20)15-19-7-9-21(10-8-19)28-12-3-2-4-13-28/h7-10,14,17,20H,2-6,11-13,15-16H2,1H3. The topological polar surface area (TPSA) is 49.6 Å². The lowest BCUT2D eigenvalue weighted by Crippen LogP contribution is -2.34. The van der Waals surface area contributed by atoms with Gasteiger partial charge < -0.3 is 4.90 Å². The number of anilines is 1. The number of fused-ring (bicyclic) bond motifs is 1. The van der Waals surface area contributed by atoms with E-state index in [1.165, 1.54) is 62.1 Å². The Kier molecular flexibility index (Phi) is 5.19. The van der Waals surface area contributed by atoms with Gasteiger partial charge in [-0.3, -0.25) is 4.90 Å².